The molecule has 12 rings (SSSR count). The first-order valence-corrected chi connectivity index (χ1v) is 26.1. The highest BCUT2D eigenvalue weighted by Gasteiger charge is 2.58. The molecule has 2 unspecified atom stereocenters. The normalized spacial score (nSPS) is 19.8. The summed E-state index contributed by atoms with van der Waals surface area (Å²) in [5.41, 5.74) is 21.2. The molecule has 0 saturated heterocycles. The van der Waals surface area contributed by atoms with Gasteiger partial charge in [-0.2, -0.15) is 0 Å². The van der Waals surface area contributed by atoms with E-state index >= 15 is 0 Å². The van der Waals surface area contributed by atoms with E-state index in [9.17, 15) is 0 Å². The van der Waals surface area contributed by atoms with Gasteiger partial charge in [0.05, 0.1) is 15.9 Å². The quantitative estimate of drug-likeness (QED) is 0.164. The number of aryl methyl sites for hydroxylation is 1. The van der Waals surface area contributed by atoms with Crippen molar-refractivity contribution in [1.82, 2.24) is 0 Å². The predicted octanol–water partition coefficient (Wildman–Crippen LogP) is 16.1. The lowest BCUT2D eigenvalue weighted by atomic mass is 9.33. The fourth-order valence-corrected chi connectivity index (χ4v) is 14.1. The van der Waals surface area contributed by atoms with Crippen LogP contribution in [0.1, 0.15) is 130 Å². The van der Waals surface area contributed by atoms with E-state index in [1.54, 1.807) is 0 Å². The maximum atomic E-state index is 2.79. The summed E-state index contributed by atoms with van der Waals surface area (Å²) in [6, 6.07) is 52.8. The van der Waals surface area contributed by atoms with Crippen LogP contribution in [0.25, 0.3) is 20.2 Å². The molecule has 0 amide bonds. The molecule has 3 nitrogen and oxygen atoms in total. The Hall–Kier alpha value is -5.78. The van der Waals surface area contributed by atoms with Crippen LogP contribution < -0.4 is 31.1 Å². The van der Waals surface area contributed by atoms with E-state index in [1.807, 2.05) is 11.3 Å². The average Bonchev–Trinajstić information content (AvgIpc) is 3.77. The Balaban J connectivity index is 1.16. The second-order valence-electron chi connectivity index (χ2n) is 24.3. The molecule has 1 aromatic heterocycles. The summed E-state index contributed by atoms with van der Waals surface area (Å²) in [4.78, 5) is 8.08. The number of anilines is 8. The molecule has 1 aliphatic carbocycles. The first kappa shape index (κ1) is 43.5. The monoisotopic (exact) mass is 908 g/mol. The fourth-order valence-electron chi connectivity index (χ4n) is 12.9. The molecule has 0 bridgehead atoms. The van der Waals surface area contributed by atoms with Crippen molar-refractivity contribution in [2.24, 2.45) is 0 Å². The van der Waals surface area contributed by atoms with Gasteiger partial charge in [0, 0.05) is 60.7 Å². The Morgan fingerprint density at radius 1 is 0.500 bits per heavy atom. The minimum absolute atomic E-state index is 0.00367. The van der Waals surface area contributed by atoms with Gasteiger partial charge in [-0.1, -0.05) is 155 Å². The van der Waals surface area contributed by atoms with Crippen molar-refractivity contribution in [3.05, 3.63) is 161 Å². The van der Waals surface area contributed by atoms with Crippen molar-refractivity contribution in [2.75, 3.05) is 14.7 Å². The third-order valence-electron chi connectivity index (χ3n) is 16.9. The topological polar surface area (TPSA) is 9.72 Å². The summed E-state index contributed by atoms with van der Waals surface area (Å²) >= 11 is 1.93. The number of rotatable bonds is 3. The Labute approximate surface area is 409 Å². The van der Waals surface area contributed by atoms with E-state index < -0.39 is 0 Å². The van der Waals surface area contributed by atoms with Crippen molar-refractivity contribution in [2.45, 2.75) is 136 Å². The number of nitrogens with zero attached hydrogens (tertiary/aromatic N) is 3. The molecule has 4 aliphatic rings. The van der Waals surface area contributed by atoms with Crippen molar-refractivity contribution >= 4 is 100 Å². The van der Waals surface area contributed by atoms with Gasteiger partial charge in [0.1, 0.15) is 0 Å². The van der Waals surface area contributed by atoms with Crippen LogP contribution in [-0.4, -0.2) is 12.3 Å². The van der Waals surface area contributed by atoms with Gasteiger partial charge in [-0.3, -0.25) is 0 Å². The zero-order chi connectivity index (χ0) is 47.4. The molecule has 1 fully saturated rings. The molecule has 2 atom stereocenters. The van der Waals surface area contributed by atoms with Crippen LogP contribution in [0.3, 0.4) is 0 Å². The SMILES string of the molecule is Cc1cc2c3c(c1)N(c1cccc4c1sc1ccccc14)c1cc(N4c5ccc(C(C)(C)C)cc5C5(C)CCCCC45C)ccc1B3c1ccc(C(C)(C)C)cc1N2c1cccc(C(C)(C)C)c1. The first-order chi connectivity index (χ1) is 32.3. The Kier molecular flexibility index (Phi) is 9.36. The lowest BCUT2D eigenvalue weighted by Gasteiger charge is -2.50. The van der Waals surface area contributed by atoms with Crippen LogP contribution in [0.4, 0.5) is 45.5 Å². The lowest BCUT2D eigenvalue weighted by Crippen LogP contribution is -2.61. The Morgan fingerprint density at radius 2 is 1.12 bits per heavy atom. The zero-order valence-corrected chi connectivity index (χ0v) is 43.2. The predicted molar refractivity (Wildman–Crippen MR) is 297 cm³/mol. The van der Waals surface area contributed by atoms with Crippen LogP contribution in [-0.2, 0) is 21.7 Å². The first-order valence-electron chi connectivity index (χ1n) is 25.3. The largest absolute Gasteiger partial charge is 0.334 e. The number of thiophene rings is 1. The van der Waals surface area contributed by atoms with E-state index in [0.29, 0.717) is 0 Å². The highest BCUT2D eigenvalue weighted by atomic mass is 32.1. The summed E-state index contributed by atoms with van der Waals surface area (Å²) in [5, 5.41) is 2.64. The average molecular weight is 908 g/mol. The van der Waals surface area contributed by atoms with Crippen LogP contribution in [0.15, 0.2) is 133 Å². The summed E-state index contributed by atoms with van der Waals surface area (Å²) in [6.45, 7) is 28.6. The molecule has 0 spiro atoms. The van der Waals surface area contributed by atoms with Crippen molar-refractivity contribution in [1.29, 1.82) is 0 Å². The molecular formula is C63H66BN3S. The molecule has 68 heavy (non-hydrogen) atoms. The molecule has 0 N–H and O–H groups in total. The van der Waals surface area contributed by atoms with Gasteiger partial charge in [0.25, 0.3) is 6.71 Å². The lowest BCUT2D eigenvalue weighted by molar-refractivity contribution is 0.195. The van der Waals surface area contributed by atoms with Gasteiger partial charge in [0.15, 0.2) is 0 Å². The molecule has 342 valence electrons. The van der Waals surface area contributed by atoms with Crippen LogP contribution in [0, 0.1) is 6.92 Å². The van der Waals surface area contributed by atoms with Gasteiger partial charge in [-0.05, 0) is 148 Å². The zero-order valence-electron chi connectivity index (χ0n) is 42.4. The second-order valence-corrected chi connectivity index (χ2v) is 25.3. The third-order valence-corrected chi connectivity index (χ3v) is 18.1. The van der Waals surface area contributed by atoms with E-state index in [0.717, 1.165) is 6.42 Å². The summed E-state index contributed by atoms with van der Waals surface area (Å²) < 4.78 is 2.65. The number of fused-ring (bicyclic) bond motifs is 10. The highest BCUT2D eigenvalue weighted by Crippen LogP contribution is 2.62. The van der Waals surface area contributed by atoms with Crippen molar-refractivity contribution in [3.8, 4) is 0 Å². The van der Waals surface area contributed by atoms with Crippen LogP contribution in [0.2, 0.25) is 0 Å². The molecule has 5 heteroatoms. The third kappa shape index (κ3) is 6.22. The summed E-state index contributed by atoms with van der Waals surface area (Å²) in [5.74, 6) is 0. The molecule has 0 radical (unpaired) electrons. The molecule has 1 saturated carbocycles. The van der Waals surface area contributed by atoms with Gasteiger partial charge in [-0.15, -0.1) is 11.3 Å². The smallest absolute Gasteiger partial charge is 0.252 e. The standard InChI is InChI=1S/C63H66BN3S/c1-39-33-54-57-55(34-39)66(51-23-18-22-46-45-21-13-14-24-56(45)68-58(46)51)53-38-44(67-50-30-26-41(60(5,6)7)36-47(50)62(11)31-15-16-32-63(62,67)12)27-29-49(53)64(57)48-28-25-42(61(8,9)10)37-52(48)65(54)43-20-17-19-40(35-43)59(2,3)4/h13-14,17-30,33-38H,15-16,31-32H2,1-12H3. The number of hydrogen-bond donors (Lipinski definition) is 0. The van der Waals surface area contributed by atoms with Crippen molar-refractivity contribution in [3.63, 3.8) is 0 Å². The van der Waals surface area contributed by atoms with Gasteiger partial charge in [-0.25, -0.2) is 0 Å². The molecular weight excluding hydrogens is 842 g/mol. The molecule has 4 heterocycles. The number of hydrogen-bond acceptors (Lipinski definition) is 4. The second kappa shape index (κ2) is 14.6. The molecule has 8 aromatic rings. The van der Waals surface area contributed by atoms with Gasteiger partial charge < -0.3 is 14.7 Å². The Morgan fingerprint density at radius 3 is 1.87 bits per heavy atom. The van der Waals surface area contributed by atoms with E-state index in [1.165, 1.54) is 129 Å². The van der Waals surface area contributed by atoms with E-state index in [2.05, 4.69) is 231 Å². The minimum Gasteiger partial charge on any atom is -0.334 e. The Bertz CT molecular complexity index is 3390. The fraction of sp³-hybridized carbons (Fsp3) is 0.333. The van der Waals surface area contributed by atoms with Crippen LogP contribution >= 0.6 is 11.3 Å². The highest BCUT2D eigenvalue weighted by molar-refractivity contribution is 7.26. The molecule has 3 aliphatic heterocycles. The maximum absolute atomic E-state index is 2.79. The summed E-state index contributed by atoms with van der Waals surface area (Å²) in [6.07, 6.45) is 4.87. The van der Waals surface area contributed by atoms with Gasteiger partial charge in [0.2, 0.25) is 0 Å². The molecule has 7 aromatic carbocycles. The van der Waals surface area contributed by atoms with E-state index in [4.69, 9.17) is 0 Å². The number of benzene rings is 7. The van der Waals surface area contributed by atoms with Crippen molar-refractivity contribution < 1.29 is 0 Å². The summed E-state index contributed by atoms with van der Waals surface area (Å²) in [7, 11) is 0. The van der Waals surface area contributed by atoms with Crippen LogP contribution in [0.5, 0.6) is 0 Å². The minimum atomic E-state index is -0.0755. The maximum Gasteiger partial charge on any atom is 0.252 e. The van der Waals surface area contributed by atoms with Gasteiger partial charge >= 0.3 is 0 Å². The van der Waals surface area contributed by atoms with E-state index in [-0.39, 0.29) is 33.9 Å².